The molecule has 0 aromatic heterocycles. The van der Waals surface area contributed by atoms with Gasteiger partial charge in [-0.1, -0.05) is 118 Å². The molecule has 0 amide bonds. The summed E-state index contributed by atoms with van der Waals surface area (Å²) in [6.07, 6.45) is 12.6. The van der Waals surface area contributed by atoms with Crippen LogP contribution in [0.5, 0.6) is 11.5 Å². The van der Waals surface area contributed by atoms with Crippen LogP contribution in [0.2, 0.25) is 0 Å². The van der Waals surface area contributed by atoms with Crippen molar-refractivity contribution in [2.75, 3.05) is 0 Å². The van der Waals surface area contributed by atoms with E-state index in [2.05, 4.69) is 13.8 Å². The van der Waals surface area contributed by atoms with Gasteiger partial charge in [-0.05, 0) is 97.9 Å². The fraction of sp³-hybridized carbons (Fsp3) is 0.684. The van der Waals surface area contributed by atoms with Gasteiger partial charge in [-0.2, -0.15) is 0 Å². The van der Waals surface area contributed by atoms with Gasteiger partial charge in [0.1, 0.15) is 31.7 Å². The Balaban J connectivity index is 0.000000922. The molecule has 2 aromatic rings. The Kier molecular flexibility index (Phi) is 23.2. The number of benzene rings is 2. The predicted molar refractivity (Wildman–Crippen MR) is 200 cm³/mol. The number of aromatic hydroxyl groups is 2. The number of hydrogen-bond donors (Lipinski definition) is 2. The molecule has 0 aliphatic heterocycles. The molecule has 276 valence electrons. The minimum Gasteiger partial charge on any atom is -0.747 e. The van der Waals surface area contributed by atoms with Crippen molar-refractivity contribution < 1.29 is 36.2 Å². The molecular formula is C38H62CaO8S2. The van der Waals surface area contributed by atoms with Gasteiger partial charge in [0.2, 0.25) is 0 Å². The minimum absolute atomic E-state index is 0. The van der Waals surface area contributed by atoms with E-state index in [1.54, 1.807) is 24.3 Å². The van der Waals surface area contributed by atoms with E-state index in [9.17, 15) is 36.2 Å². The summed E-state index contributed by atoms with van der Waals surface area (Å²) in [5.74, 6) is 0.237. The fourth-order valence-electron chi connectivity index (χ4n) is 6.60. The second-order valence-corrected chi connectivity index (χ2v) is 16.6. The maximum Gasteiger partial charge on any atom is 2.00 e. The number of unbranched alkanes of at least 4 members (excludes halogenated alkanes) is 6. The number of phenolic OH excluding ortho intramolecular Hbond substituents is 2. The van der Waals surface area contributed by atoms with Crippen LogP contribution < -0.4 is 0 Å². The maximum absolute atomic E-state index is 12.4. The van der Waals surface area contributed by atoms with E-state index in [0.717, 1.165) is 62.5 Å². The Morgan fingerprint density at radius 2 is 0.776 bits per heavy atom. The largest absolute Gasteiger partial charge is 2.00 e. The zero-order valence-corrected chi connectivity index (χ0v) is 34.9. The third-order valence-electron chi connectivity index (χ3n) is 9.45. The molecule has 2 aromatic carbocycles. The van der Waals surface area contributed by atoms with Crippen molar-refractivity contribution in [3.05, 3.63) is 58.7 Å². The molecule has 8 nitrogen and oxygen atoms in total. The molecule has 49 heavy (non-hydrogen) atoms. The molecule has 11 heteroatoms. The van der Waals surface area contributed by atoms with E-state index in [-0.39, 0.29) is 49.2 Å². The standard InChI is InChI=1S/2C19H32O4S.Ca/c2*1-4-7-10-16-15-17(20)11-12-18(16)19(13-8-5-2,14-9-6-3)24(21,22)23;/h2*11-12,15,20H,4-10,13-14H2,1-3H3,(H,21,22,23);/q;;+2/p-2. The van der Waals surface area contributed by atoms with E-state index in [1.165, 1.54) is 12.1 Å². The second kappa shape index (κ2) is 23.6. The fourth-order valence-corrected chi connectivity index (χ4v) is 9.12. The first-order valence-electron chi connectivity index (χ1n) is 18.2. The molecule has 0 saturated heterocycles. The summed E-state index contributed by atoms with van der Waals surface area (Å²) in [6, 6.07) is 9.57. The van der Waals surface area contributed by atoms with Crippen LogP contribution in [0.4, 0.5) is 0 Å². The Bertz CT molecular complexity index is 1320. The van der Waals surface area contributed by atoms with E-state index >= 15 is 0 Å². The number of phenols is 2. The van der Waals surface area contributed by atoms with E-state index in [1.807, 2.05) is 27.7 Å². The van der Waals surface area contributed by atoms with Gasteiger partial charge in [0.25, 0.3) is 0 Å². The van der Waals surface area contributed by atoms with E-state index in [0.29, 0.717) is 75.3 Å². The number of hydrogen-bond acceptors (Lipinski definition) is 8. The average Bonchev–Trinajstić information content (AvgIpc) is 3.03. The predicted octanol–water partition coefficient (Wildman–Crippen LogP) is 9.33. The van der Waals surface area contributed by atoms with Gasteiger partial charge in [0.05, 0.1) is 9.49 Å². The molecule has 0 fully saturated rings. The van der Waals surface area contributed by atoms with Crippen molar-refractivity contribution in [1.82, 2.24) is 0 Å². The summed E-state index contributed by atoms with van der Waals surface area (Å²) in [5.41, 5.74) is 2.79. The van der Waals surface area contributed by atoms with Crippen molar-refractivity contribution in [2.45, 2.75) is 167 Å². The Morgan fingerprint density at radius 3 is 1.00 bits per heavy atom. The van der Waals surface area contributed by atoms with Crippen molar-refractivity contribution in [1.29, 1.82) is 0 Å². The first-order chi connectivity index (χ1) is 22.6. The van der Waals surface area contributed by atoms with Crippen LogP contribution in [-0.2, 0) is 42.6 Å². The van der Waals surface area contributed by atoms with E-state index in [4.69, 9.17) is 0 Å². The monoisotopic (exact) mass is 750 g/mol. The quantitative estimate of drug-likeness (QED) is 0.0891. The Hall–Kier alpha value is -0.880. The average molecular weight is 751 g/mol. The third kappa shape index (κ3) is 13.9. The molecular weight excluding hydrogens is 689 g/mol. The zero-order chi connectivity index (χ0) is 36.4. The van der Waals surface area contributed by atoms with Crippen LogP contribution in [0, 0.1) is 0 Å². The molecule has 0 unspecified atom stereocenters. The Labute approximate surface area is 328 Å². The topological polar surface area (TPSA) is 155 Å². The summed E-state index contributed by atoms with van der Waals surface area (Å²) < 4.78 is 71.4. The third-order valence-corrected chi connectivity index (χ3v) is 12.6. The molecule has 0 aliphatic carbocycles. The SMILES string of the molecule is CCCCc1cc(O)ccc1C(CCCC)(CCCC)S(=O)(=O)[O-].CCCCc1cc(O)ccc1C(CCCC)(CCCC)S(=O)(=O)[O-].[Ca+2]. The van der Waals surface area contributed by atoms with Crippen LogP contribution in [0.25, 0.3) is 0 Å². The number of rotatable bonds is 22. The van der Waals surface area contributed by atoms with Crippen molar-refractivity contribution in [3.63, 3.8) is 0 Å². The van der Waals surface area contributed by atoms with Gasteiger partial charge in [-0.15, -0.1) is 0 Å². The van der Waals surface area contributed by atoms with Gasteiger partial charge in [0.15, 0.2) is 0 Å². The molecule has 0 atom stereocenters. The van der Waals surface area contributed by atoms with Gasteiger partial charge >= 0.3 is 37.7 Å². The summed E-state index contributed by atoms with van der Waals surface area (Å²) in [6.45, 7) is 12.1. The summed E-state index contributed by atoms with van der Waals surface area (Å²) in [7, 11) is -9.03. The minimum atomic E-state index is -4.52. The van der Waals surface area contributed by atoms with Gasteiger partial charge in [0, 0.05) is 0 Å². The van der Waals surface area contributed by atoms with Gasteiger partial charge < -0.3 is 19.3 Å². The van der Waals surface area contributed by atoms with Crippen molar-refractivity contribution >= 4 is 58.0 Å². The van der Waals surface area contributed by atoms with Crippen LogP contribution in [-0.4, -0.2) is 73.9 Å². The van der Waals surface area contributed by atoms with E-state index < -0.39 is 29.7 Å². The van der Waals surface area contributed by atoms with Crippen LogP contribution in [0.1, 0.15) is 167 Å². The molecule has 2 rings (SSSR count). The molecule has 0 bridgehead atoms. The smallest absolute Gasteiger partial charge is 0.747 e. The summed E-state index contributed by atoms with van der Waals surface area (Å²) >= 11 is 0. The Morgan fingerprint density at radius 1 is 0.510 bits per heavy atom. The first-order valence-corrected chi connectivity index (χ1v) is 21.0. The first kappa shape index (κ1) is 48.1. The van der Waals surface area contributed by atoms with Gasteiger partial charge in [-0.25, -0.2) is 16.8 Å². The molecule has 0 aliphatic rings. The van der Waals surface area contributed by atoms with Crippen LogP contribution in [0.3, 0.4) is 0 Å². The molecule has 0 saturated carbocycles. The summed E-state index contributed by atoms with van der Waals surface area (Å²) in [5, 5.41) is 19.7. The van der Waals surface area contributed by atoms with Crippen molar-refractivity contribution in [2.24, 2.45) is 0 Å². The molecule has 0 radical (unpaired) electrons. The molecule has 2 N–H and O–H groups in total. The van der Waals surface area contributed by atoms with Crippen LogP contribution >= 0.6 is 0 Å². The van der Waals surface area contributed by atoms with Crippen molar-refractivity contribution in [3.8, 4) is 11.5 Å². The second-order valence-electron chi connectivity index (χ2n) is 13.2. The van der Waals surface area contributed by atoms with Crippen LogP contribution in [0.15, 0.2) is 36.4 Å². The summed E-state index contributed by atoms with van der Waals surface area (Å²) in [4.78, 5) is 0. The molecule has 0 spiro atoms. The normalized spacial score (nSPS) is 12.2. The molecule has 0 heterocycles. The maximum atomic E-state index is 12.4. The zero-order valence-electron chi connectivity index (χ0n) is 31.1. The van der Waals surface area contributed by atoms with Gasteiger partial charge in [-0.3, -0.25) is 0 Å². The number of aryl methyl sites for hydroxylation is 2.